The van der Waals surface area contributed by atoms with Crippen LogP contribution in [0.1, 0.15) is 17.0 Å². The summed E-state index contributed by atoms with van der Waals surface area (Å²) in [5, 5.41) is 6.03. The van der Waals surface area contributed by atoms with Crippen molar-refractivity contribution in [1.29, 1.82) is 0 Å². The number of aromatic nitrogens is 2. The molecule has 0 spiro atoms. The quantitative estimate of drug-likeness (QED) is 0.724. The predicted octanol–water partition coefficient (Wildman–Crippen LogP) is 1.88. The lowest BCUT2D eigenvalue weighted by Gasteiger charge is -2.19. The average molecular weight is 328 g/mol. The first-order valence-electron chi connectivity index (χ1n) is 7.98. The number of benzene rings is 1. The third-order valence-electron chi connectivity index (χ3n) is 3.49. The molecule has 0 aliphatic carbocycles. The maximum atomic E-state index is 12.5. The molecule has 0 saturated carbocycles. The number of hydrogen-bond donors (Lipinski definition) is 2. The van der Waals surface area contributed by atoms with Crippen LogP contribution in [0, 0.1) is 13.8 Å². The first-order chi connectivity index (χ1) is 11.6. The molecule has 6 heteroatoms. The normalized spacial score (nSPS) is 11.8. The van der Waals surface area contributed by atoms with E-state index in [1.165, 1.54) is 0 Å². The van der Waals surface area contributed by atoms with Gasteiger partial charge in [0.2, 0.25) is 11.9 Å². The van der Waals surface area contributed by atoms with Crippen molar-refractivity contribution in [1.82, 2.24) is 15.3 Å². The highest BCUT2D eigenvalue weighted by Crippen LogP contribution is 2.10. The number of rotatable bonds is 8. The molecule has 1 atom stereocenters. The van der Waals surface area contributed by atoms with Gasteiger partial charge in [0.15, 0.2) is 0 Å². The standard InChI is InChI=1S/C18H24N4O2/c1-13-11-14(2)21-18(20-13)22-16(17(23)19-9-10-24-3)12-15-7-5-4-6-8-15/h4-8,11,16H,9-10,12H2,1-3H3,(H,19,23)(H,20,21,22)/t16-/m1/s1. The highest BCUT2D eigenvalue weighted by atomic mass is 16.5. The summed E-state index contributed by atoms with van der Waals surface area (Å²) in [7, 11) is 1.61. The first kappa shape index (κ1) is 17.9. The van der Waals surface area contributed by atoms with Gasteiger partial charge in [-0.15, -0.1) is 0 Å². The fraction of sp³-hybridized carbons (Fsp3) is 0.389. The Morgan fingerprint density at radius 2 is 1.83 bits per heavy atom. The summed E-state index contributed by atoms with van der Waals surface area (Å²) in [4.78, 5) is 21.2. The highest BCUT2D eigenvalue weighted by molar-refractivity contribution is 5.84. The van der Waals surface area contributed by atoms with E-state index in [1.807, 2.05) is 50.2 Å². The summed E-state index contributed by atoms with van der Waals surface area (Å²) >= 11 is 0. The molecule has 1 heterocycles. The number of amides is 1. The molecule has 1 aromatic carbocycles. The second-order valence-electron chi connectivity index (χ2n) is 5.64. The molecule has 0 radical (unpaired) electrons. The lowest BCUT2D eigenvalue weighted by molar-refractivity contribution is -0.122. The molecule has 0 unspecified atom stereocenters. The van der Waals surface area contributed by atoms with Gasteiger partial charge in [-0.25, -0.2) is 9.97 Å². The Morgan fingerprint density at radius 3 is 2.46 bits per heavy atom. The van der Waals surface area contributed by atoms with Crippen LogP contribution in [-0.4, -0.2) is 42.2 Å². The monoisotopic (exact) mass is 328 g/mol. The van der Waals surface area contributed by atoms with E-state index in [2.05, 4.69) is 20.6 Å². The SMILES string of the molecule is COCCNC(=O)[C@@H](Cc1ccccc1)Nc1nc(C)cc(C)n1. The van der Waals surface area contributed by atoms with Crippen molar-refractivity contribution in [2.75, 3.05) is 25.6 Å². The molecule has 0 fully saturated rings. The van der Waals surface area contributed by atoms with Gasteiger partial charge in [0.1, 0.15) is 6.04 Å². The summed E-state index contributed by atoms with van der Waals surface area (Å²) in [6.07, 6.45) is 0.552. The Kier molecular flexibility index (Phi) is 6.69. The van der Waals surface area contributed by atoms with Gasteiger partial charge >= 0.3 is 0 Å². The minimum Gasteiger partial charge on any atom is -0.383 e. The summed E-state index contributed by atoms with van der Waals surface area (Å²) in [6, 6.07) is 11.3. The molecule has 1 aromatic heterocycles. The van der Waals surface area contributed by atoms with Gasteiger partial charge in [-0.1, -0.05) is 30.3 Å². The molecule has 6 nitrogen and oxygen atoms in total. The zero-order valence-corrected chi connectivity index (χ0v) is 14.4. The molecule has 24 heavy (non-hydrogen) atoms. The van der Waals surface area contributed by atoms with Crippen molar-refractivity contribution < 1.29 is 9.53 Å². The number of hydrogen-bond acceptors (Lipinski definition) is 5. The van der Waals surface area contributed by atoms with Gasteiger partial charge in [-0.3, -0.25) is 4.79 Å². The smallest absolute Gasteiger partial charge is 0.243 e. The largest absolute Gasteiger partial charge is 0.383 e. The molecule has 2 aromatic rings. The maximum absolute atomic E-state index is 12.5. The Labute approximate surface area is 142 Å². The molecular weight excluding hydrogens is 304 g/mol. The molecule has 2 rings (SSSR count). The zero-order valence-electron chi connectivity index (χ0n) is 14.4. The van der Waals surface area contributed by atoms with Crippen molar-refractivity contribution in [2.45, 2.75) is 26.3 Å². The molecule has 0 aliphatic heterocycles. The number of aryl methyl sites for hydroxylation is 2. The van der Waals surface area contributed by atoms with E-state index >= 15 is 0 Å². The minimum atomic E-state index is -0.453. The predicted molar refractivity (Wildman–Crippen MR) is 93.9 cm³/mol. The number of methoxy groups -OCH3 is 1. The zero-order chi connectivity index (χ0) is 17.4. The fourth-order valence-electron chi connectivity index (χ4n) is 2.40. The lowest BCUT2D eigenvalue weighted by atomic mass is 10.1. The number of nitrogens with zero attached hydrogens (tertiary/aromatic N) is 2. The molecule has 1 amide bonds. The van der Waals surface area contributed by atoms with Crippen LogP contribution in [-0.2, 0) is 16.0 Å². The second kappa shape index (κ2) is 8.98. The molecule has 0 aliphatic rings. The van der Waals surface area contributed by atoms with E-state index < -0.39 is 6.04 Å². The number of ether oxygens (including phenoxy) is 1. The summed E-state index contributed by atoms with van der Waals surface area (Å²) in [5.41, 5.74) is 2.80. The van der Waals surface area contributed by atoms with E-state index in [-0.39, 0.29) is 5.91 Å². The molecule has 2 N–H and O–H groups in total. The second-order valence-corrected chi connectivity index (χ2v) is 5.64. The van der Waals surface area contributed by atoms with Gasteiger partial charge in [-0.2, -0.15) is 0 Å². The van der Waals surface area contributed by atoms with E-state index in [0.29, 0.717) is 25.5 Å². The Hall–Kier alpha value is -2.47. The summed E-state index contributed by atoms with van der Waals surface area (Å²) in [6.45, 7) is 4.76. The third-order valence-corrected chi connectivity index (χ3v) is 3.49. The van der Waals surface area contributed by atoms with Gasteiger partial charge < -0.3 is 15.4 Å². The van der Waals surface area contributed by atoms with Crippen LogP contribution in [0.15, 0.2) is 36.4 Å². The highest BCUT2D eigenvalue weighted by Gasteiger charge is 2.20. The number of carbonyl (C=O) groups excluding carboxylic acids is 1. The minimum absolute atomic E-state index is 0.0985. The molecular formula is C18H24N4O2. The summed E-state index contributed by atoms with van der Waals surface area (Å²) < 4.78 is 4.98. The fourth-order valence-corrected chi connectivity index (χ4v) is 2.40. The number of carbonyl (C=O) groups is 1. The maximum Gasteiger partial charge on any atom is 0.243 e. The van der Waals surface area contributed by atoms with Crippen molar-refractivity contribution in [3.63, 3.8) is 0 Å². The topological polar surface area (TPSA) is 76.1 Å². The average Bonchev–Trinajstić information content (AvgIpc) is 2.54. The van der Waals surface area contributed by atoms with Crippen molar-refractivity contribution in [2.24, 2.45) is 0 Å². The third kappa shape index (κ3) is 5.62. The first-order valence-corrected chi connectivity index (χ1v) is 7.98. The Balaban J connectivity index is 2.13. The van der Waals surface area contributed by atoms with Gasteiger partial charge in [0.25, 0.3) is 0 Å². The lowest BCUT2D eigenvalue weighted by Crippen LogP contribution is -2.42. The molecule has 0 bridgehead atoms. The Morgan fingerprint density at radius 1 is 1.17 bits per heavy atom. The summed E-state index contributed by atoms with van der Waals surface area (Å²) in [5.74, 6) is 0.369. The van der Waals surface area contributed by atoms with Crippen LogP contribution < -0.4 is 10.6 Å². The van der Waals surface area contributed by atoms with Crippen LogP contribution in [0.5, 0.6) is 0 Å². The number of nitrogens with one attached hydrogen (secondary N) is 2. The van der Waals surface area contributed by atoms with E-state index in [4.69, 9.17) is 4.74 Å². The van der Waals surface area contributed by atoms with Crippen LogP contribution in [0.4, 0.5) is 5.95 Å². The van der Waals surface area contributed by atoms with Crippen molar-refractivity contribution in [3.05, 3.63) is 53.3 Å². The van der Waals surface area contributed by atoms with E-state index in [1.54, 1.807) is 7.11 Å². The van der Waals surface area contributed by atoms with Gasteiger partial charge in [0, 0.05) is 31.5 Å². The van der Waals surface area contributed by atoms with Crippen LogP contribution >= 0.6 is 0 Å². The molecule has 0 saturated heterocycles. The Bertz CT molecular complexity index is 641. The van der Waals surface area contributed by atoms with Gasteiger partial charge in [-0.05, 0) is 25.5 Å². The van der Waals surface area contributed by atoms with Crippen LogP contribution in [0.25, 0.3) is 0 Å². The van der Waals surface area contributed by atoms with E-state index in [0.717, 1.165) is 17.0 Å². The van der Waals surface area contributed by atoms with Gasteiger partial charge in [0.05, 0.1) is 6.61 Å². The van der Waals surface area contributed by atoms with E-state index in [9.17, 15) is 4.79 Å². The molecule has 128 valence electrons. The van der Waals surface area contributed by atoms with Crippen LogP contribution in [0.2, 0.25) is 0 Å². The van der Waals surface area contributed by atoms with Crippen molar-refractivity contribution in [3.8, 4) is 0 Å². The van der Waals surface area contributed by atoms with Crippen molar-refractivity contribution >= 4 is 11.9 Å². The van der Waals surface area contributed by atoms with Crippen LogP contribution in [0.3, 0.4) is 0 Å². The number of anilines is 1.